The largest absolute Gasteiger partial charge is 0.389 e. The van der Waals surface area contributed by atoms with E-state index >= 15 is 0 Å². The van der Waals surface area contributed by atoms with Crippen LogP contribution in [0.5, 0.6) is 0 Å². The Hall–Kier alpha value is -4.11. The molecule has 2 aromatic carbocycles. The fourth-order valence-electron chi connectivity index (χ4n) is 5.33. The number of fused-ring (bicyclic) bond motifs is 1. The molecule has 4 N–H and O–H groups in total. The van der Waals surface area contributed by atoms with Crippen LogP contribution in [0.15, 0.2) is 48.8 Å². The molecule has 0 bridgehead atoms. The molecule has 0 radical (unpaired) electrons. The zero-order valence-electron chi connectivity index (χ0n) is 22.4. The molecule has 5 atom stereocenters. The number of halogens is 3. The number of aromatic nitrogens is 4. The number of hydrogen-bond donors (Lipinski definition) is 4. The van der Waals surface area contributed by atoms with Gasteiger partial charge in [-0.05, 0) is 54.7 Å². The van der Waals surface area contributed by atoms with Gasteiger partial charge in [-0.1, -0.05) is 36.6 Å². The van der Waals surface area contributed by atoms with Crippen molar-refractivity contribution in [2.45, 2.75) is 38.6 Å². The summed E-state index contributed by atoms with van der Waals surface area (Å²) in [6, 6.07) is 9.79. The Morgan fingerprint density at radius 2 is 1.93 bits per heavy atom. The third kappa shape index (κ3) is 5.10. The summed E-state index contributed by atoms with van der Waals surface area (Å²) in [6.07, 6.45) is -1.18. The first-order chi connectivity index (χ1) is 19.5. The van der Waals surface area contributed by atoms with Crippen molar-refractivity contribution in [3.8, 4) is 11.8 Å². The Morgan fingerprint density at radius 1 is 1.15 bits per heavy atom. The highest BCUT2D eigenvalue weighted by Gasteiger charge is 2.60. The summed E-state index contributed by atoms with van der Waals surface area (Å²) in [4.78, 5) is 26.3. The van der Waals surface area contributed by atoms with Crippen LogP contribution in [0.25, 0.3) is 11.2 Å². The van der Waals surface area contributed by atoms with Crippen LogP contribution in [0.2, 0.25) is 5.02 Å². The summed E-state index contributed by atoms with van der Waals surface area (Å²) in [7, 11) is 1.47. The van der Waals surface area contributed by atoms with Gasteiger partial charge in [0.25, 0.3) is 0 Å². The quantitative estimate of drug-likeness (QED) is 0.267. The average molecular weight is 581 g/mol. The summed E-state index contributed by atoms with van der Waals surface area (Å²) in [5, 5.41) is 28.4. The van der Waals surface area contributed by atoms with Crippen molar-refractivity contribution < 1.29 is 23.8 Å². The van der Waals surface area contributed by atoms with Crippen LogP contribution in [0, 0.1) is 34.8 Å². The van der Waals surface area contributed by atoms with Crippen LogP contribution < -0.4 is 10.6 Å². The lowest BCUT2D eigenvalue weighted by Gasteiger charge is -2.31. The van der Waals surface area contributed by atoms with E-state index in [1.54, 1.807) is 30.5 Å². The van der Waals surface area contributed by atoms with Gasteiger partial charge in [0.1, 0.15) is 6.10 Å². The van der Waals surface area contributed by atoms with Crippen LogP contribution >= 0.6 is 11.6 Å². The average Bonchev–Trinajstić information content (AvgIpc) is 3.45. The molecule has 9 nitrogen and oxygen atoms in total. The van der Waals surface area contributed by atoms with Gasteiger partial charge >= 0.3 is 0 Å². The fourth-order valence-corrected chi connectivity index (χ4v) is 5.54. The number of carbonyl (C=O) groups is 1. The van der Waals surface area contributed by atoms with E-state index in [4.69, 9.17) is 11.6 Å². The molecule has 2 unspecified atom stereocenters. The maximum absolute atomic E-state index is 13.7. The minimum Gasteiger partial charge on any atom is -0.389 e. The Kier molecular flexibility index (Phi) is 7.66. The number of carbonyl (C=O) groups excluding carboxylic acids is 1. The summed E-state index contributed by atoms with van der Waals surface area (Å²) in [6.45, 7) is 3.72. The van der Waals surface area contributed by atoms with E-state index in [0.29, 0.717) is 28.5 Å². The van der Waals surface area contributed by atoms with Crippen LogP contribution in [-0.4, -0.2) is 54.9 Å². The molecule has 0 spiro atoms. The van der Waals surface area contributed by atoms with Crippen molar-refractivity contribution in [1.82, 2.24) is 24.8 Å². The van der Waals surface area contributed by atoms with Gasteiger partial charge < -0.3 is 25.4 Å². The second-order valence-corrected chi connectivity index (χ2v) is 10.6. The molecule has 5 rings (SSSR count). The molecule has 41 heavy (non-hydrogen) atoms. The molecule has 1 amide bonds. The number of benzene rings is 2. The Labute approximate surface area is 239 Å². The predicted molar refractivity (Wildman–Crippen MR) is 149 cm³/mol. The van der Waals surface area contributed by atoms with Gasteiger partial charge in [0.2, 0.25) is 11.7 Å². The van der Waals surface area contributed by atoms with E-state index < -0.39 is 47.1 Å². The van der Waals surface area contributed by atoms with E-state index in [0.717, 1.165) is 17.7 Å². The van der Waals surface area contributed by atoms with Crippen LogP contribution in [0.1, 0.15) is 36.8 Å². The van der Waals surface area contributed by atoms with Gasteiger partial charge in [0.05, 0.1) is 23.9 Å². The first kappa shape index (κ1) is 28.4. The van der Waals surface area contributed by atoms with E-state index in [1.165, 1.54) is 19.4 Å². The first-order valence-electron chi connectivity index (χ1n) is 12.8. The van der Waals surface area contributed by atoms with E-state index in [1.807, 2.05) is 12.1 Å². The Morgan fingerprint density at radius 3 is 2.63 bits per heavy atom. The fraction of sp³-hybridized carbons (Fsp3) is 0.310. The minimum atomic E-state index is -1.35. The number of aliphatic hydroxyl groups excluding tert-OH is 2. The third-order valence-corrected chi connectivity index (χ3v) is 8.03. The molecule has 1 fully saturated rings. The summed E-state index contributed by atoms with van der Waals surface area (Å²) < 4.78 is 28.7. The van der Waals surface area contributed by atoms with Crippen molar-refractivity contribution in [1.29, 1.82) is 0 Å². The predicted octanol–water partition coefficient (Wildman–Crippen LogP) is 3.43. The number of hydrogen-bond acceptors (Lipinski definition) is 7. The monoisotopic (exact) mass is 580 g/mol. The number of nitrogens with zero attached hydrogens (tertiary/aromatic N) is 4. The molecule has 4 aromatic rings. The number of nitrogens with one attached hydrogen (secondary N) is 2. The minimum absolute atomic E-state index is 0.0485. The molecule has 1 saturated carbocycles. The molecular formula is C29H27ClF2N6O3. The van der Waals surface area contributed by atoms with Crippen molar-refractivity contribution in [3.63, 3.8) is 0 Å². The zero-order chi connectivity index (χ0) is 29.5. The molecule has 2 heterocycles. The smallest absolute Gasteiger partial charge is 0.228 e. The molecule has 0 aliphatic heterocycles. The maximum atomic E-state index is 13.7. The number of rotatable bonds is 5. The third-order valence-electron chi connectivity index (χ3n) is 7.79. The van der Waals surface area contributed by atoms with Gasteiger partial charge in [-0.15, -0.1) is 0 Å². The van der Waals surface area contributed by atoms with Crippen LogP contribution in [0.3, 0.4) is 0 Å². The molecule has 2 aromatic heterocycles. The zero-order valence-corrected chi connectivity index (χ0v) is 23.1. The van der Waals surface area contributed by atoms with Gasteiger partial charge in [-0.25, -0.2) is 23.7 Å². The summed E-state index contributed by atoms with van der Waals surface area (Å²) >= 11 is 6.13. The van der Waals surface area contributed by atoms with E-state index in [9.17, 15) is 23.8 Å². The van der Waals surface area contributed by atoms with Crippen molar-refractivity contribution >= 4 is 34.5 Å². The topological polar surface area (TPSA) is 125 Å². The summed E-state index contributed by atoms with van der Waals surface area (Å²) in [5.41, 5.74) is 0.479. The van der Waals surface area contributed by atoms with Gasteiger partial charge in [0.15, 0.2) is 28.6 Å². The van der Waals surface area contributed by atoms with Crippen molar-refractivity contribution in [2.75, 3.05) is 12.4 Å². The normalized spacial score (nSPS) is 23.7. The molecule has 1 aliphatic rings. The van der Waals surface area contributed by atoms with Gasteiger partial charge in [-0.3, -0.25) is 4.79 Å². The van der Waals surface area contributed by atoms with E-state index in [-0.39, 0.29) is 11.4 Å². The summed E-state index contributed by atoms with van der Waals surface area (Å²) in [5.74, 6) is 2.97. The second kappa shape index (κ2) is 11.0. The van der Waals surface area contributed by atoms with Crippen LogP contribution in [0.4, 0.5) is 14.6 Å². The number of imidazole rings is 1. The number of anilines is 1. The second-order valence-electron chi connectivity index (χ2n) is 10.2. The number of amides is 1. The highest BCUT2D eigenvalue weighted by molar-refractivity contribution is 6.30. The maximum Gasteiger partial charge on any atom is 0.228 e. The molecule has 212 valence electrons. The lowest BCUT2D eigenvalue weighted by molar-refractivity contribution is -0.139. The SMILES string of the molecule is CNC(=O)C1(C)C(O)[C@@H](O)[C@H](n2cnc3c(NCc4cccc(Cl)c4)nc(C#Cc4ccc(F)c(F)c4)nc32)[C@H]1C. The van der Waals surface area contributed by atoms with E-state index in [2.05, 4.69) is 37.4 Å². The highest BCUT2D eigenvalue weighted by Crippen LogP contribution is 2.50. The molecular weight excluding hydrogens is 554 g/mol. The lowest BCUT2D eigenvalue weighted by atomic mass is 9.77. The first-order valence-corrected chi connectivity index (χ1v) is 13.2. The van der Waals surface area contributed by atoms with Gasteiger partial charge in [0, 0.05) is 24.2 Å². The standard InChI is InChI=1S/C29H27ClF2N6O3/c1-15-23(24(39)25(40)29(15,2)28(41)33-3)38-14-35-22-26(34-13-17-5-4-6-18(30)11-17)36-21(37-27(22)38)10-8-16-7-9-19(31)20(32)12-16/h4-7,9,11-12,14-15,23-25,39-40H,13H2,1-3H3,(H,33,41)(H,34,36,37)/t15-,23-,24+,25?,29?/m1/s1. The van der Waals surface area contributed by atoms with Crippen molar-refractivity contribution in [3.05, 3.63) is 82.4 Å². The van der Waals surface area contributed by atoms with Crippen molar-refractivity contribution in [2.24, 2.45) is 11.3 Å². The van der Waals surface area contributed by atoms with Crippen LogP contribution in [-0.2, 0) is 11.3 Å². The molecule has 0 saturated heterocycles. The van der Waals surface area contributed by atoms with Gasteiger partial charge in [-0.2, -0.15) is 0 Å². The Bertz CT molecular complexity index is 1700. The number of aliphatic hydroxyl groups is 2. The molecule has 1 aliphatic carbocycles. The Balaban J connectivity index is 1.60. The lowest BCUT2D eigenvalue weighted by Crippen LogP contribution is -2.47. The molecule has 12 heteroatoms. The highest BCUT2D eigenvalue weighted by atomic mass is 35.5.